The summed E-state index contributed by atoms with van der Waals surface area (Å²) in [7, 11) is 1.38. The SMILES string of the molecule is COc1ccnc(C(=O)NC2CCCC(OC3CCCC3)C(Oc3ccccc3)C(C)OC2=O)c1O. The standard InChI is InChI=1S/C27H34N2O7/c1-17-25(36-19-9-4-3-5-10-19)22(35-18-11-6-7-12-18)14-8-13-20(27(32)34-17)29-26(31)23-24(30)21(33-2)15-16-28-23/h3-5,9-10,15-18,20,22,25,30H,6-8,11-14H2,1-2H3,(H,29,31). The molecule has 4 unspecified atom stereocenters. The number of aromatic nitrogens is 1. The lowest BCUT2D eigenvalue weighted by atomic mass is 10.0. The lowest BCUT2D eigenvalue weighted by molar-refractivity contribution is -0.161. The molecule has 2 N–H and O–H groups in total. The fraction of sp³-hybridized carbons (Fsp3) is 0.519. The van der Waals surface area contributed by atoms with Crippen molar-refractivity contribution in [1.29, 1.82) is 0 Å². The van der Waals surface area contributed by atoms with Crippen LogP contribution in [0, 0.1) is 0 Å². The van der Waals surface area contributed by atoms with Gasteiger partial charge >= 0.3 is 5.97 Å². The lowest BCUT2D eigenvalue weighted by Crippen LogP contribution is -2.47. The monoisotopic (exact) mass is 498 g/mol. The predicted octanol–water partition coefficient (Wildman–Crippen LogP) is 3.79. The van der Waals surface area contributed by atoms with E-state index in [0.717, 1.165) is 25.7 Å². The number of esters is 1. The number of methoxy groups -OCH3 is 1. The van der Waals surface area contributed by atoms with E-state index in [9.17, 15) is 14.7 Å². The maximum absolute atomic E-state index is 13.1. The molecule has 1 saturated heterocycles. The molecule has 194 valence electrons. The third-order valence-electron chi connectivity index (χ3n) is 6.71. The largest absolute Gasteiger partial charge is 0.503 e. The van der Waals surface area contributed by atoms with Gasteiger partial charge in [0, 0.05) is 12.3 Å². The van der Waals surface area contributed by atoms with Crippen molar-refractivity contribution >= 4 is 11.9 Å². The van der Waals surface area contributed by atoms with Crippen LogP contribution in [0.2, 0.25) is 0 Å². The molecule has 1 saturated carbocycles. The Morgan fingerprint density at radius 2 is 1.83 bits per heavy atom. The van der Waals surface area contributed by atoms with Crippen molar-refractivity contribution in [2.75, 3.05) is 7.11 Å². The van der Waals surface area contributed by atoms with Gasteiger partial charge in [0.25, 0.3) is 5.91 Å². The smallest absolute Gasteiger partial charge is 0.329 e. The van der Waals surface area contributed by atoms with Gasteiger partial charge in [-0.25, -0.2) is 9.78 Å². The van der Waals surface area contributed by atoms with Crippen molar-refractivity contribution in [1.82, 2.24) is 10.3 Å². The minimum Gasteiger partial charge on any atom is -0.503 e. The molecule has 1 aliphatic heterocycles. The molecule has 9 nitrogen and oxygen atoms in total. The van der Waals surface area contributed by atoms with E-state index in [1.165, 1.54) is 19.4 Å². The van der Waals surface area contributed by atoms with E-state index >= 15 is 0 Å². The van der Waals surface area contributed by atoms with Crippen LogP contribution in [-0.2, 0) is 14.3 Å². The van der Waals surface area contributed by atoms with Gasteiger partial charge < -0.3 is 29.4 Å². The fourth-order valence-electron chi connectivity index (χ4n) is 4.81. The number of nitrogens with one attached hydrogen (secondary N) is 1. The van der Waals surface area contributed by atoms with E-state index in [2.05, 4.69) is 10.3 Å². The van der Waals surface area contributed by atoms with E-state index in [1.807, 2.05) is 30.3 Å². The second-order valence-electron chi connectivity index (χ2n) is 9.29. The first-order chi connectivity index (χ1) is 17.5. The Hall–Kier alpha value is -3.33. The van der Waals surface area contributed by atoms with Gasteiger partial charge in [0.2, 0.25) is 0 Å². The second kappa shape index (κ2) is 12.1. The van der Waals surface area contributed by atoms with Gasteiger partial charge in [-0.3, -0.25) is 4.79 Å². The minimum atomic E-state index is -0.907. The summed E-state index contributed by atoms with van der Waals surface area (Å²) < 4.78 is 23.7. The number of ether oxygens (including phenoxy) is 4. The molecule has 1 aromatic heterocycles. The first-order valence-corrected chi connectivity index (χ1v) is 12.6. The van der Waals surface area contributed by atoms with Gasteiger partial charge in [0.05, 0.1) is 19.3 Å². The van der Waals surface area contributed by atoms with Crippen LogP contribution in [0.5, 0.6) is 17.2 Å². The van der Waals surface area contributed by atoms with E-state index in [4.69, 9.17) is 18.9 Å². The number of benzene rings is 1. The number of hydrogen-bond acceptors (Lipinski definition) is 8. The van der Waals surface area contributed by atoms with Crippen molar-refractivity contribution in [2.24, 2.45) is 0 Å². The summed E-state index contributed by atoms with van der Waals surface area (Å²) in [6.45, 7) is 1.79. The average molecular weight is 499 g/mol. The highest BCUT2D eigenvalue weighted by Gasteiger charge is 2.38. The third kappa shape index (κ3) is 6.26. The van der Waals surface area contributed by atoms with E-state index < -0.39 is 30.1 Å². The highest BCUT2D eigenvalue weighted by molar-refractivity contribution is 5.97. The third-order valence-corrected chi connectivity index (χ3v) is 6.71. The van der Waals surface area contributed by atoms with Crippen LogP contribution >= 0.6 is 0 Å². The number of carbonyl (C=O) groups is 2. The number of nitrogens with zero attached hydrogens (tertiary/aromatic N) is 1. The number of aromatic hydroxyl groups is 1. The Morgan fingerprint density at radius 1 is 1.08 bits per heavy atom. The highest BCUT2D eigenvalue weighted by Crippen LogP contribution is 2.30. The normalized spacial score (nSPS) is 25.2. The predicted molar refractivity (Wildman–Crippen MR) is 131 cm³/mol. The van der Waals surface area contributed by atoms with Crippen molar-refractivity contribution < 1.29 is 33.6 Å². The Bertz CT molecular complexity index is 1030. The number of hydrogen-bond donors (Lipinski definition) is 2. The van der Waals surface area contributed by atoms with Crippen LogP contribution in [0.15, 0.2) is 42.6 Å². The molecule has 2 aliphatic rings. The minimum absolute atomic E-state index is 0.119. The van der Waals surface area contributed by atoms with E-state index in [1.54, 1.807) is 6.92 Å². The molecular weight excluding hydrogens is 464 g/mol. The molecule has 1 amide bonds. The Kier molecular flexibility index (Phi) is 8.64. The zero-order valence-electron chi connectivity index (χ0n) is 20.7. The summed E-state index contributed by atoms with van der Waals surface area (Å²) in [4.78, 5) is 29.9. The molecule has 1 aliphatic carbocycles. The van der Waals surface area contributed by atoms with Crippen molar-refractivity contribution in [2.45, 2.75) is 82.3 Å². The molecule has 2 aromatic rings. The lowest BCUT2D eigenvalue weighted by Gasteiger charge is -2.33. The highest BCUT2D eigenvalue weighted by atomic mass is 16.6. The molecular formula is C27H34N2O7. The summed E-state index contributed by atoms with van der Waals surface area (Å²) >= 11 is 0. The first-order valence-electron chi connectivity index (χ1n) is 12.6. The number of carbonyl (C=O) groups excluding carboxylic acids is 2. The summed E-state index contributed by atoms with van der Waals surface area (Å²) in [5.41, 5.74) is -0.220. The number of para-hydroxylation sites is 1. The zero-order chi connectivity index (χ0) is 25.5. The molecule has 2 fully saturated rings. The Labute approximate surface area is 211 Å². The van der Waals surface area contributed by atoms with Crippen molar-refractivity contribution in [3.8, 4) is 17.2 Å². The van der Waals surface area contributed by atoms with Crippen molar-refractivity contribution in [3.05, 3.63) is 48.3 Å². The van der Waals surface area contributed by atoms with Gasteiger partial charge in [-0.05, 0) is 51.2 Å². The molecule has 2 heterocycles. The van der Waals surface area contributed by atoms with Gasteiger partial charge in [-0.1, -0.05) is 31.0 Å². The molecule has 0 bridgehead atoms. The molecule has 4 atom stereocenters. The molecule has 4 rings (SSSR count). The summed E-state index contributed by atoms with van der Waals surface area (Å²) in [6.07, 6.45) is 6.04. The topological polar surface area (TPSA) is 116 Å². The van der Waals surface area contributed by atoms with Crippen LogP contribution < -0.4 is 14.8 Å². The summed E-state index contributed by atoms with van der Waals surface area (Å²) in [6, 6.07) is 9.96. The Morgan fingerprint density at radius 3 is 2.56 bits per heavy atom. The van der Waals surface area contributed by atoms with Crippen molar-refractivity contribution in [3.63, 3.8) is 0 Å². The molecule has 0 spiro atoms. The second-order valence-corrected chi connectivity index (χ2v) is 9.29. The maximum atomic E-state index is 13.1. The molecule has 0 radical (unpaired) electrons. The molecule has 36 heavy (non-hydrogen) atoms. The number of pyridine rings is 1. The number of rotatable bonds is 7. The first kappa shape index (κ1) is 25.8. The van der Waals surface area contributed by atoms with Crippen LogP contribution in [0.1, 0.15) is 62.4 Å². The van der Waals surface area contributed by atoms with Crippen LogP contribution in [0.3, 0.4) is 0 Å². The van der Waals surface area contributed by atoms with E-state index in [-0.39, 0.29) is 29.4 Å². The Balaban J connectivity index is 1.51. The molecule has 1 aromatic carbocycles. The zero-order valence-corrected chi connectivity index (χ0v) is 20.7. The summed E-state index contributed by atoms with van der Waals surface area (Å²) in [5, 5.41) is 13.0. The maximum Gasteiger partial charge on any atom is 0.329 e. The van der Waals surface area contributed by atoms with E-state index in [0.29, 0.717) is 25.0 Å². The summed E-state index contributed by atoms with van der Waals surface area (Å²) in [5.74, 6) is -0.844. The van der Waals surface area contributed by atoms with Crippen LogP contribution in [0.25, 0.3) is 0 Å². The van der Waals surface area contributed by atoms with Gasteiger partial charge in [0.1, 0.15) is 17.9 Å². The van der Waals surface area contributed by atoms with Gasteiger partial charge in [-0.15, -0.1) is 0 Å². The van der Waals surface area contributed by atoms with Gasteiger partial charge in [0.15, 0.2) is 23.3 Å². The van der Waals surface area contributed by atoms with Gasteiger partial charge in [-0.2, -0.15) is 0 Å². The van der Waals surface area contributed by atoms with Crippen LogP contribution in [0.4, 0.5) is 0 Å². The van der Waals surface area contributed by atoms with Crippen LogP contribution in [-0.4, -0.2) is 59.5 Å². The number of amides is 1. The fourth-order valence-corrected chi connectivity index (χ4v) is 4.81. The average Bonchev–Trinajstić information content (AvgIpc) is 3.40. The number of cyclic esters (lactones) is 1. The molecule has 9 heteroatoms. The quantitative estimate of drug-likeness (QED) is 0.554.